The van der Waals surface area contributed by atoms with Crippen LogP contribution in [0.15, 0.2) is 146 Å². The van der Waals surface area contributed by atoms with Crippen molar-refractivity contribution in [1.29, 1.82) is 0 Å². The van der Waals surface area contributed by atoms with Gasteiger partial charge in [-0.2, -0.15) is 0 Å². The van der Waals surface area contributed by atoms with Gasteiger partial charge in [-0.15, -0.1) is 0 Å². The van der Waals surface area contributed by atoms with Crippen LogP contribution >= 0.6 is 0 Å². The van der Waals surface area contributed by atoms with Gasteiger partial charge in [0, 0.05) is 34.4 Å². The van der Waals surface area contributed by atoms with Gasteiger partial charge in [0.15, 0.2) is 0 Å². The summed E-state index contributed by atoms with van der Waals surface area (Å²) in [6.07, 6.45) is 0. The fraction of sp³-hybridized carbons (Fsp3) is 0.125. The molecule has 0 aromatic heterocycles. The molecule has 0 radical (unpaired) electrons. The van der Waals surface area contributed by atoms with Gasteiger partial charge in [-0.25, -0.2) is 0 Å². The number of methoxy groups -OCH3 is 3. The maximum Gasteiger partial charge on any atom is 0.123 e. The van der Waals surface area contributed by atoms with Crippen molar-refractivity contribution in [1.82, 2.24) is 0 Å². The van der Waals surface area contributed by atoms with Crippen LogP contribution in [0.3, 0.4) is 0 Å². The number of hydrogen-bond acceptors (Lipinski definition) is 3. The molecule has 0 heterocycles. The maximum atomic E-state index is 6.13. The number of benzene rings is 7. The molecule has 0 N–H and O–H groups in total. The average molecular weight is 661 g/mol. The van der Waals surface area contributed by atoms with Gasteiger partial charge in [0.25, 0.3) is 0 Å². The van der Waals surface area contributed by atoms with Crippen molar-refractivity contribution in [2.45, 2.75) is 17.8 Å². The van der Waals surface area contributed by atoms with E-state index in [-0.39, 0.29) is 17.8 Å². The van der Waals surface area contributed by atoms with Crippen molar-refractivity contribution in [2.24, 2.45) is 0 Å². The van der Waals surface area contributed by atoms with Gasteiger partial charge in [0.05, 0.1) is 21.3 Å². The average Bonchev–Trinajstić information content (AvgIpc) is 3.83. The zero-order chi connectivity index (χ0) is 34.2. The summed E-state index contributed by atoms with van der Waals surface area (Å²) in [7, 11) is 5.36. The van der Waals surface area contributed by atoms with E-state index in [0.29, 0.717) is 0 Å². The lowest BCUT2D eigenvalue weighted by atomic mass is 9.77. The Kier molecular flexibility index (Phi) is 6.72. The van der Waals surface area contributed by atoms with Crippen molar-refractivity contribution in [3.05, 3.63) is 196 Å². The highest BCUT2D eigenvalue weighted by Gasteiger charge is 2.48. The molecule has 7 aromatic rings. The molecule has 51 heavy (non-hydrogen) atoms. The molecule has 3 atom stereocenters. The van der Waals surface area contributed by atoms with E-state index in [9.17, 15) is 0 Å². The van der Waals surface area contributed by atoms with Gasteiger partial charge >= 0.3 is 0 Å². The third kappa shape index (κ3) is 4.06. The molecule has 0 spiro atoms. The molecule has 3 nitrogen and oxygen atoms in total. The summed E-state index contributed by atoms with van der Waals surface area (Å²) < 4.78 is 18.4. The topological polar surface area (TPSA) is 27.7 Å². The first-order valence-corrected chi connectivity index (χ1v) is 17.6. The van der Waals surface area contributed by atoms with Crippen molar-refractivity contribution >= 4 is 0 Å². The Morgan fingerprint density at radius 2 is 0.529 bits per heavy atom. The molecule has 0 unspecified atom stereocenters. The molecule has 246 valence electrons. The van der Waals surface area contributed by atoms with E-state index in [1.165, 1.54) is 83.5 Å². The van der Waals surface area contributed by atoms with Gasteiger partial charge in [-0.05, 0) is 85.0 Å². The Labute approximate surface area is 298 Å². The second kappa shape index (κ2) is 11.5. The van der Waals surface area contributed by atoms with E-state index in [2.05, 4.69) is 146 Å². The minimum Gasteiger partial charge on any atom is -0.496 e. The van der Waals surface area contributed by atoms with Crippen LogP contribution in [0.5, 0.6) is 17.2 Å². The van der Waals surface area contributed by atoms with Crippen LogP contribution in [0.1, 0.15) is 67.8 Å². The van der Waals surface area contributed by atoms with Crippen LogP contribution in [0, 0.1) is 0 Å². The minimum absolute atomic E-state index is 0.0297. The molecule has 0 saturated heterocycles. The Morgan fingerprint density at radius 3 is 0.804 bits per heavy atom. The molecule has 3 aliphatic carbocycles. The quantitative estimate of drug-likeness (QED) is 0.178. The molecule has 7 aromatic carbocycles. The second-order valence-corrected chi connectivity index (χ2v) is 13.7. The fourth-order valence-electron chi connectivity index (χ4n) is 9.63. The summed E-state index contributed by atoms with van der Waals surface area (Å²) in [5.41, 5.74) is 19.4. The zero-order valence-corrected chi connectivity index (χ0v) is 28.8. The molecule has 3 aliphatic rings. The van der Waals surface area contributed by atoms with Crippen LogP contribution in [0.25, 0.3) is 33.4 Å². The highest BCUT2D eigenvalue weighted by Crippen LogP contribution is 2.67. The van der Waals surface area contributed by atoms with Crippen LogP contribution in [-0.2, 0) is 0 Å². The number of rotatable bonds is 6. The lowest BCUT2D eigenvalue weighted by molar-refractivity contribution is 0.409. The lowest BCUT2D eigenvalue weighted by Gasteiger charge is -2.26. The maximum absolute atomic E-state index is 6.13. The smallest absolute Gasteiger partial charge is 0.123 e. The zero-order valence-electron chi connectivity index (χ0n) is 28.8. The molecular formula is C48H36O3. The Bertz CT molecular complexity index is 2230. The van der Waals surface area contributed by atoms with Gasteiger partial charge in [-0.3, -0.25) is 0 Å². The molecule has 0 bridgehead atoms. The minimum atomic E-state index is -0.0297. The van der Waals surface area contributed by atoms with E-state index < -0.39 is 0 Å². The largest absolute Gasteiger partial charge is 0.496 e. The summed E-state index contributed by atoms with van der Waals surface area (Å²) >= 11 is 0. The first-order chi connectivity index (χ1) is 25.2. The molecule has 3 heteroatoms. The van der Waals surface area contributed by atoms with Gasteiger partial charge < -0.3 is 14.2 Å². The van der Waals surface area contributed by atoms with Gasteiger partial charge in [0.1, 0.15) is 17.2 Å². The van der Waals surface area contributed by atoms with Gasteiger partial charge in [0.2, 0.25) is 0 Å². The van der Waals surface area contributed by atoms with Gasteiger partial charge in [-0.1, -0.05) is 127 Å². The number of para-hydroxylation sites is 3. The Hall–Kier alpha value is -6.06. The first-order valence-electron chi connectivity index (χ1n) is 17.6. The number of fused-ring (bicyclic) bond motifs is 12. The Morgan fingerprint density at radius 1 is 0.294 bits per heavy atom. The molecular weight excluding hydrogens is 625 g/mol. The van der Waals surface area contributed by atoms with E-state index >= 15 is 0 Å². The molecule has 0 saturated carbocycles. The summed E-state index contributed by atoms with van der Waals surface area (Å²) in [6, 6.07) is 52.8. The van der Waals surface area contributed by atoms with Crippen molar-refractivity contribution in [3.8, 4) is 50.6 Å². The van der Waals surface area contributed by atoms with Crippen molar-refractivity contribution < 1.29 is 14.2 Å². The normalized spacial score (nSPS) is 17.1. The summed E-state index contributed by atoms with van der Waals surface area (Å²) in [6.45, 7) is 0. The number of hydrogen-bond donors (Lipinski definition) is 0. The van der Waals surface area contributed by atoms with E-state index in [1.807, 2.05) is 0 Å². The molecule has 0 aliphatic heterocycles. The monoisotopic (exact) mass is 660 g/mol. The van der Waals surface area contributed by atoms with Crippen LogP contribution < -0.4 is 14.2 Å². The van der Waals surface area contributed by atoms with Crippen LogP contribution in [0.2, 0.25) is 0 Å². The molecule has 0 fully saturated rings. The van der Waals surface area contributed by atoms with Crippen molar-refractivity contribution in [3.63, 3.8) is 0 Å². The fourth-order valence-corrected chi connectivity index (χ4v) is 9.63. The summed E-state index contributed by atoms with van der Waals surface area (Å²) in [5, 5.41) is 0. The van der Waals surface area contributed by atoms with Crippen LogP contribution in [-0.4, -0.2) is 21.3 Å². The summed E-state index contributed by atoms with van der Waals surface area (Å²) in [4.78, 5) is 0. The van der Waals surface area contributed by atoms with E-state index in [0.717, 1.165) is 17.2 Å². The SMILES string of the molecule is COc1ccccc1[C@@H]1c2ccccc2-c2c1c1c(c3c2[C@@H](c2ccccc2OC)c2ccccc2-3)[C@H](c2ccccc2OC)c2ccccc2-1. The lowest BCUT2D eigenvalue weighted by Crippen LogP contribution is -2.09. The Balaban J connectivity index is 1.44. The van der Waals surface area contributed by atoms with E-state index in [4.69, 9.17) is 14.2 Å². The third-order valence-electron chi connectivity index (χ3n) is 11.5. The number of ether oxygens (including phenoxy) is 3. The predicted octanol–water partition coefficient (Wildman–Crippen LogP) is 11.2. The predicted molar refractivity (Wildman–Crippen MR) is 205 cm³/mol. The highest BCUT2D eigenvalue weighted by atomic mass is 16.5. The second-order valence-electron chi connectivity index (χ2n) is 13.7. The molecule has 10 rings (SSSR count). The van der Waals surface area contributed by atoms with Crippen molar-refractivity contribution in [2.75, 3.05) is 21.3 Å². The van der Waals surface area contributed by atoms with E-state index in [1.54, 1.807) is 21.3 Å². The standard InChI is InChI=1S/C48H36O3/c1-49-37-25-13-10-22-34(37)40-28-16-4-7-19-31(28)43-46(40)44-32-20-8-5-17-29(32)41(35-23-11-14-26-38(35)50-2)48(44)45-33-21-9-6-18-30(33)42(47(43)45)36-24-12-15-27-39(36)51-3/h4-27,40-42H,1-3H3/t40-,41-,42+/m0/s1. The van der Waals surface area contributed by atoms with Crippen LogP contribution in [0.4, 0.5) is 0 Å². The first kappa shape index (κ1) is 29.8. The molecule has 0 amide bonds. The highest BCUT2D eigenvalue weighted by molar-refractivity contribution is 6.04. The third-order valence-corrected chi connectivity index (χ3v) is 11.5. The summed E-state index contributed by atoms with van der Waals surface area (Å²) in [5.74, 6) is 2.61.